The van der Waals surface area contributed by atoms with E-state index >= 15 is 0 Å². The molecule has 168 valence electrons. The van der Waals surface area contributed by atoms with Gasteiger partial charge in [0, 0.05) is 6.42 Å². The van der Waals surface area contributed by atoms with Crippen LogP contribution in [0.3, 0.4) is 0 Å². The van der Waals surface area contributed by atoms with Crippen molar-refractivity contribution in [3.63, 3.8) is 0 Å². The first-order valence-electron chi connectivity index (χ1n) is 9.88. The van der Waals surface area contributed by atoms with Crippen LogP contribution in [0.5, 0.6) is 0 Å². The monoisotopic (exact) mass is 465 g/mol. The number of thioether (sulfide) groups is 1. The molecule has 0 saturated carbocycles. The van der Waals surface area contributed by atoms with Crippen LogP contribution in [0.1, 0.15) is 36.3 Å². The van der Waals surface area contributed by atoms with Gasteiger partial charge in [0.25, 0.3) is 0 Å². The van der Waals surface area contributed by atoms with Gasteiger partial charge in [-0.25, -0.2) is 9.07 Å². The summed E-state index contributed by atoms with van der Waals surface area (Å²) >= 11 is 1.09. The van der Waals surface area contributed by atoms with Crippen LogP contribution < -0.4 is 10.7 Å². The highest BCUT2D eigenvalue weighted by molar-refractivity contribution is 8.00. The fourth-order valence-corrected chi connectivity index (χ4v) is 4.55. The Morgan fingerprint density at radius 3 is 2.56 bits per heavy atom. The van der Waals surface area contributed by atoms with Crippen LogP contribution in [0.25, 0.3) is 0 Å². The molecule has 2 atom stereocenters. The maximum absolute atomic E-state index is 13.5. The van der Waals surface area contributed by atoms with E-state index in [1.807, 2.05) is 6.92 Å². The van der Waals surface area contributed by atoms with Gasteiger partial charge >= 0.3 is 6.18 Å². The van der Waals surface area contributed by atoms with Crippen molar-refractivity contribution in [1.29, 1.82) is 0 Å². The van der Waals surface area contributed by atoms with Crippen LogP contribution in [-0.4, -0.2) is 26.0 Å². The molecule has 1 aromatic heterocycles. The van der Waals surface area contributed by atoms with E-state index < -0.39 is 34.8 Å². The molecule has 0 aliphatic carbocycles. The van der Waals surface area contributed by atoms with Gasteiger partial charge in [0.1, 0.15) is 11.1 Å². The highest BCUT2D eigenvalue weighted by Crippen LogP contribution is 2.39. The van der Waals surface area contributed by atoms with Gasteiger partial charge in [-0.15, -0.1) is 10.2 Å². The number of hydrogen-bond donors (Lipinski definition) is 2. The van der Waals surface area contributed by atoms with E-state index in [0.717, 1.165) is 24.2 Å². The smallest absolute Gasteiger partial charge is 0.324 e. The summed E-state index contributed by atoms with van der Waals surface area (Å²) in [5.41, 5.74) is 2.53. The number of aromatic nitrogens is 3. The molecule has 4 rings (SSSR count). The van der Waals surface area contributed by atoms with Gasteiger partial charge in [-0.05, 0) is 36.2 Å². The number of amides is 1. The van der Waals surface area contributed by atoms with Crippen molar-refractivity contribution in [3.8, 4) is 0 Å². The second-order valence-corrected chi connectivity index (χ2v) is 8.32. The Labute approximate surface area is 185 Å². The van der Waals surface area contributed by atoms with E-state index in [1.165, 1.54) is 42.5 Å². The summed E-state index contributed by atoms with van der Waals surface area (Å²) in [5.74, 6) is -0.405. The molecule has 6 nitrogen and oxygen atoms in total. The molecule has 0 saturated heterocycles. The number of alkyl halides is 3. The Bertz CT molecular complexity index is 1120. The Hall–Kier alpha value is -3.08. The van der Waals surface area contributed by atoms with Crippen LogP contribution in [-0.2, 0) is 17.4 Å². The zero-order chi connectivity index (χ0) is 22.9. The highest BCUT2D eigenvalue weighted by atomic mass is 32.2. The Morgan fingerprint density at radius 1 is 1.16 bits per heavy atom. The number of fused-ring (bicyclic) bond motifs is 1. The number of aryl methyl sites for hydroxylation is 1. The highest BCUT2D eigenvalue weighted by Gasteiger charge is 2.39. The first-order chi connectivity index (χ1) is 15.3. The molecule has 0 spiro atoms. The van der Waals surface area contributed by atoms with Crippen LogP contribution >= 0.6 is 11.8 Å². The number of carbonyl (C=O) groups excluding carboxylic acids is 1. The third-order valence-electron chi connectivity index (χ3n) is 4.96. The lowest BCUT2D eigenvalue weighted by Gasteiger charge is -2.33. The Balaban J connectivity index is 1.68. The predicted octanol–water partition coefficient (Wildman–Crippen LogP) is 4.79. The topological polar surface area (TPSA) is 71.8 Å². The lowest BCUT2D eigenvalue weighted by atomic mass is 10.0. The minimum atomic E-state index is -4.62. The van der Waals surface area contributed by atoms with Crippen LogP contribution in [0.2, 0.25) is 0 Å². The number of nitrogens with one attached hydrogen (secondary N) is 2. The standard InChI is InChI=1S/C21H19F4N5OS/c1-2-5-16-27-28-20-30(16)29-17(12-8-10-13(22)11-9-12)18(32-20)19(31)26-15-7-4-3-6-14(15)21(23,24)25/h3-4,6-11,17-18,29H,2,5H2,1H3,(H,26,31)/t17-,18+/m0/s1. The van der Waals surface area contributed by atoms with Gasteiger partial charge in [-0.3, -0.25) is 4.79 Å². The second kappa shape index (κ2) is 8.81. The normalized spacial score (nSPS) is 18.0. The van der Waals surface area contributed by atoms with Gasteiger partial charge in [0.05, 0.1) is 17.3 Å². The maximum atomic E-state index is 13.5. The number of nitrogens with zero attached hydrogens (tertiary/aromatic N) is 3. The van der Waals surface area contributed by atoms with Crippen molar-refractivity contribution < 1.29 is 22.4 Å². The summed E-state index contributed by atoms with van der Waals surface area (Å²) < 4.78 is 55.2. The molecule has 2 aromatic carbocycles. The molecule has 0 bridgehead atoms. The number of anilines is 1. The van der Waals surface area contributed by atoms with Crippen molar-refractivity contribution in [2.75, 3.05) is 10.7 Å². The fraction of sp³-hybridized carbons (Fsp3) is 0.286. The second-order valence-electron chi connectivity index (χ2n) is 7.21. The van der Waals surface area contributed by atoms with Gasteiger partial charge < -0.3 is 10.7 Å². The lowest BCUT2D eigenvalue weighted by molar-refractivity contribution is -0.137. The molecule has 1 aliphatic heterocycles. The summed E-state index contributed by atoms with van der Waals surface area (Å²) in [6.45, 7) is 1.99. The van der Waals surface area contributed by atoms with Crippen LogP contribution in [0.4, 0.5) is 23.2 Å². The van der Waals surface area contributed by atoms with E-state index in [2.05, 4.69) is 20.9 Å². The molecule has 0 unspecified atom stereocenters. The number of carbonyl (C=O) groups is 1. The average Bonchev–Trinajstić information content (AvgIpc) is 3.15. The van der Waals surface area contributed by atoms with Gasteiger partial charge in [0.15, 0.2) is 5.82 Å². The third kappa shape index (κ3) is 4.43. The number of rotatable bonds is 5. The van der Waals surface area contributed by atoms with E-state index in [4.69, 9.17) is 0 Å². The Morgan fingerprint density at radius 2 is 1.88 bits per heavy atom. The van der Waals surface area contributed by atoms with E-state index in [1.54, 1.807) is 4.68 Å². The van der Waals surface area contributed by atoms with Crippen molar-refractivity contribution in [3.05, 3.63) is 71.3 Å². The summed E-state index contributed by atoms with van der Waals surface area (Å²) in [6.07, 6.45) is -3.15. The number of benzene rings is 2. The number of halogens is 4. The minimum Gasteiger partial charge on any atom is -0.324 e. The lowest BCUT2D eigenvalue weighted by Crippen LogP contribution is -2.41. The van der Waals surface area contributed by atoms with Crippen LogP contribution in [0.15, 0.2) is 53.7 Å². The van der Waals surface area contributed by atoms with Crippen molar-refractivity contribution in [1.82, 2.24) is 14.9 Å². The molecular weight excluding hydrogens is 446 g/mol. The van der Waals surface area contributed by atoms with Crippen LogP contribution in [0, 0.1) is 5.82 Å². The first-order valence-corrected chi connectivity index (χ1v) is 10.8. The summed E-state index contributed by atoms with van der Waals surface area (Å²) in [7, 11) is 0. The van der Waals surface area contributed by atoms with Crippen molar-refractivity contribution in [2.24, 2.45) is 0 Å². The quantitative estimate of drug-likeness (QED) is 0.531. The van der Waals surface area contributed by atoms with E-state index in [-0.39, 0.29) is 5.69 Å². The van der Waals surface area contributed by atoms with Crippen molar-refractivity contribution in [2.45, 2.75) is 42.4 Å². The zero-order valence-corrected chi connectivity index (χ0v) is 17.7. The largest absolute Gasteiger partial charge is 0.418 e. The minimum absolute atomic E-state index is 0.331. The van der Waals surface area contributed by atoms with Crippen molar-refractivity contribution >= 4 is 23.4 Å². The fourth-order valence-electron chi connectivity index (χ4n) is 3.45. The first kappa shape index (κ1) is 22.1. The summed E-state index contributed by atoms with van der Waals surface area (Å²) in [4.78, 5) is 13.2. The molecule has 0 radical (unpaired) electrons. The SMILES string of the molecule is CCCc1nnc2n1N[C@@H](c1ccc(F)cc1)[C@H](C(=O)Nc1ccccc1C(F)(F)F)S2. The third-order valence-corrected chi connectivity index (χ3v) is 6.17. The summed E-state index contributed by atoms with van der Waals surface area (Å²) in [6, 6.07) is 9.74. The number of para-hydroxylation sites is 1. The molecule has 1 aliphatic rings. The number of hydrogen-bond acceptors (Lipinski definition) is 5. The molecule has 3 aromatic rings. The van der Waals surface area contributed by atoms with Gasteiger partial charge in [-0.1, -0.05) is 43.0 Å². The van der Waals surface area contributed by atoms with Gasteiger partial charge in [-0.2, -0.15) is 13.2 Å². The van der Waals surface area contributed by atoms with E-state index in [9.17, 15) is 22.4 Å². The van der Waals surface area contributed by atoms with Gasteiger partial charge in [0.2, 0.25) is 11.1 Å². The summed E-state index contributed by atoms with van der Waals surface area (Å²) in [5, 5.41) is 10.2. The predicted molar refractivity (Wildman–Crippen MR) is 112 cm³/mol. The molecule has 11 heteroatoms. The maximum Gasteiger partial charge on any atom is 0.418 e. The molecule has 1 amide bonds. The molecule has 2 heterocycles. The molecular formula is C21H19F4N5OS. The molecule has 32 heavy (non-hydrogen) atoms. The Kier molecular flexibility index (Phi) is 6.09. The van der Waals surface area contributed by atoms with E-state index in [0.29, 0.717) is 23.0 Å². The molecule has 0 fully saturated rings. The average molecular weight is 465 g/mol. The molecule has 2 N–H and O–H groups in total. The zero-order valence-electron chi connectivity index (χ0n) is 16.9.